The Morgan fingerprint density at radius 3 is 2.46 bits per heavy atom. The van der Waals surface area contributed by atoms with Crippen LogP contribution in [0.3, 0.4) is 0 Å². The lowest BCUT2D eigenvalue weighted by molar-refractivity contribution is -0.151. The molecular weight excluding hydrogens is 514 g/mol. The van der Waals surface area contributed by atoms with Crippen LogP contribution in [0.5, 0.6) is 0 Å². The van der Waals surface area contributed by atoms with E-state index in [1.807, 2.05) is 43.2 Å². The van der Waals surface area contributed by atoms with Crippen LogP contribution in [-0.4, -0.2) is 58.6 Å². The van der Waals surface area contributed by atoms with Crippen molar-refractivity contribution in [1.29, 1.82) is 0 Å². The third-order valence-corrected chi connectivity index (χ3v) is 7.69. The molecule has 10 heteroatoms. The molecule has 0 bridgehead atoms. The highest BCUT2D eigenvalue weighted by molar-refractivity contribution is 8.16. The number of allylic oxidation sites excluding steroid dienone is 1. The standard InChI is InChI=1S/C27H32ClN3O5S/c1-5-35-25(33)19-10-12-30(13-11-19)22(32)14-21-15-37-27-29-17(4)23(26(34)36-16(2)3)24(31(21)27)18-6-8-20(28)9-7-18/h6-9,15-16,19,24H,5,10-14H2,1-4H3/t24-/m0/s1. The molecule has 37 heavy (non-hydrogen) atoms. The molecule has 1 amide bonds. The second-order valence-electron chi connectivity index (χ2n) is 9.48. The molecule has 0 spiro atoms. The smallest absolute Gasteiger partial charge is 0.338 e. The van der Waals surface area contributed by atoms with Gasteiger partial charge in [0.2, 0.25) is 5.91 Å². The number of hydrogen-bond donors (Lipinski definition) is 0. The number of carbonyl (C=O) groups is 3. The highest BCUT2D eigenvalue weighted by atomic mass is 35.5. The molecule has 1 aromatic rings. The molecule has 1 atom stereocenters. The maximum Gasteiger partial charge on any atom is 0.338 e. The van der Waals surface area contributed by atoms with Crippen molar-refractivity contribution in [3.8, 4) is 0 Å². The van der Waals surface area contributed by atoms with Crippen LogP contribution in [0.25, 0.3) is 0 Å². The molecule has 0 radical (unpaired) electrons. The Bertz CT molecular complexity index is 1150. The summed E-state index contributed by atoms with van der Waals surface area (Å²) in [5, 5.41) is 3.23. The fraction of sp³-hybridized carbons (Fsp3) is 0.481. The highest BCUT2D eigenvalue weighted by Crippen LogP contribution is 2.45. The molecule has 198 valence electrons. The summed E-state index contributed by atoms with van der Waals surface area (Å²) in [5.41, 5.74) is 2.65. The van der Waals surface area contributed by atoms with Crippen molar-refractivity contribution in [3.63, 3.8) is 0 Å². The van der Waals surface area contributed by atoms with Gasteiger partial charge in [-0.25, -0.2) is 9.79 Å². The Kier molecular flexibility index (Phi) is 8.64. The Morgan fingerprint density at radius 1 is 1.16 bits per heavy atom. The van der Waals surface area contributed by atoms with Crippen molar-refractivity contribution in [2.75, 3.05) is 19.7 Å². The second-order valence-corrected chi connectivity index (χ2v) is 10.8. The fourth-order valence-electron chi connectivity index (χ4n) is 4.76. The lowest BCUT2D eigenvalue weighted by atomic mass is 9.93. The van der Waals surface area contributed by atoms with Gasteiger partial charge in [0.15, 0.2) is 5.17 Å². The molecule has 3 aliphatic heterocycles. The summed E-state index contributed by atoms with van der Waals surface area (Å²) in [6.45, 7) is 8.60. The van der Waals surface area contributed by atoms with Gasteiger partial charge in [0, 0.05) is 23.8 Å². The lowest BCUT2D eigenvalue weighted by Crippen LogP contribution is -2.42. The minimum atomic E-state index is -0.500. The third kappa shape index (κ3) is 6.04. The number of aliphatic imine (C=N–C) groups is 1. The van der Waals surface area contributed by atoms with E-state index < -0.39 is 12.0 Å². The molecule has 0 unspecified atom stereocenters. The quantitative estimate of drug-likeness (QED) is 0.442. The van der Waals surface area contributed by atoms with E-state index in [9.17, 15) is 14.4 Å². The number of carbonyl (C=O) groups excluding carboxylic acids is 3. The number of ether oxygens (including phenoxy) is 2. The molecule has 1 saturated heterocycles. The van der Waals surface area contributed by atoms with Crippen molar-refractivity contribution >= 4 is 46.4 Å². The van der Waals surface area contributed by atoms with Crippen LogP contribution in [0.15, 0.2) is 51.6 Å². The fourth-order valence-corrected chi connectivity index (χ4v) is 5.85. The number of nitrogens with zero attached hydrogens (tertiary/aromatic N) is 3. The number of piperidine rings is 1. The van der Waals surface area contributed by atoms with Crippen LogP contribution in [0.4, 0.5) is 0 Å². The van der Waals surface area contributed by atoms with Crippen LogP contribution in [0.1, 0.15) is 58.6 Å². The number of halogens is 1. The first-order valence-corrected chi connectivity index (χ1v) is 13.8. The summed E-state index contributed by atoms with van der Waals surface area (Å²) in [6.07, 6.45) is 1.06. The molecule has 0 aliphatic carbocycles. The average molecular weight is 546 g/mol. The van der Waals surface area contributed by atoms with E-state index in [4.69, 9.17) is 26.1 Å². The first-order chi connectivity index (χ1) is 17.7. The average Bonchev–Trinajstić information content (AvgIpc) is 3.25. The van der Waals surface area contributed by atoms with Crippen molar-refractivity contribution in [2.24, 2.45) is 10.9 Å². The number of esters is 2. The van der Waals surface area contributed by atoms with E-state index in [2.05, 4.69) is 0 Å². The van der Waals surface area contributed by atoms with Crippen molar-refractivity contribution < 1.29 is 23.9 Å². The normalized spacial score (nSPS) is 20.0. The molecule has 8 nitrogen and oxygen atoms in total. The van der Waals surface area contributed by atoms with Crippen molar-refractivity contribution in [1.82, 2.24) is 9.80 Å². The summed E-state index contributed by atoms with van der Waals surface area (Å²) in [4.78, 5) is 47.1. The van der Waals surface area contributed by atoms with Gasteiger partial charge in [0.25, 0.3) is 0 Å². The highest BCUT2D eigenvalue weighted by Gasteiger charge is 2.42. The van der Waals surface area contributed by atoms with Crippen LogP contribution in [0, 0.1) is 5.92 Å². The largest absolute Gasteiger partial charge is 0.466 e. The predicted octanol–water partition coefficient (Wildman–Crippen LogP) is 5.06. The summed E-state index contributed by atoms with van der Waals surface area (Å²) in [6, 6.07) is 6.84. The zero-order valence-corrected chi connectivity index (χ0v) is 23.1. The van der Waals surface area contributed by atoms with Gasteiger partial charge in [-0.15, -0.1) is 0 Å². The molecule has 4 rings (SSSR count). The number of amidine groups is 1. The van der Waals surface area contributed by atoms with Crippen LogP contribution in [-0.2, 0) is 23.9 Å². The maximum absolute atomic E-state index is 13.3. The zero-order valence-electron chi connectivity index (χ0n) is 21.5. The van der Waals surface area contributed by atoms with Crippen molar-refractivity contribution in [3.05, 3.63) is 57.2 Å². The number of amides is 1. The number of rotatable bonds is 7. The molecule has 0 saturated carbocycles. The Hall–Kier alpha value is -2.78. The van der Waals surface area contributed by atoms with E-state index >= 15 is 0 Å². The Morgan fingerprint density at radius 2 is 1.84 bits per heavy atom. The second kappa shape index (κ2) is 11.7. The first kappa shape index (κ1) is 27.3. The number of fused-ring (bicyclic) bond motifs is 1. The number of benzene rings is 1. The monoisotopic (exact) mass is 545 g/mol. The number of thioether (sulfide) groups is 1. The minimum absolute atomic E-state index is 0.0251. The van der Waals surface area contributed by atoms with Gasteiger partial charge >= 0.3 is 11.9 Å². The predicted molar refractivity (Wildman–Crippen MR) is 144 cm³/mol. The van der Waals surface area contributed by atoms with Crippen LogP contribution in [0.2, 0.25) is 5.02 Å². The summed E-state index contributed by atoms with van der Waals surface area (Å²) < 4.78 is 10.7. The molecule has 1 fully saturated rings. The number of hydrogen-bond acceptors (Lipinski definition) is 8. The van der Waals surface area contributed by atoms with Gasteiger partial charge in [0.05, 0.1) is 42.4 Å². The number of likely N-dealkylation sites (tertiary alicyclic amines) is 1. The molecule has 0 aromatic heterocycles. The van der Waals surface area contributed by atoms with Gasteiger partial charge in [-0.3, -0.25) is 9.59 Å². The zero-order chi connectivity index (χ0) is 26.7. The molecule has 0 N–H and O–H groups in total. The van der Waals surface area contributed by atoms with Crippen LogP contribution < -0.4 is 0 Å². The van der Waals surface area contributed by atoms with E-state index in [-0.39, 0.29) is 30.3 Å². The first-order valence-electron chi connectivity index (χ1n) is 12.5. The minimum Gasteiger partial charge on any atom is -0.466 e. The molecule has 3 heterocycles. The molecule has 3 aliphatic rings. The maximum atomic E-state index is 13.3. The Labute approximate surface area is 226 Å². The summed E-state index contributed by atoms with van der Waals surface area (Å²) in [5.74, 6) is -0.808. The molecule has 1 aromatic carbocycles. The van der Waals surface area contributed by atoms with Gasteiger partial charge < -0.3 is 19.3 Å². The third-order valence-electron chi connectivity index (χ3n) is 6.55. The van der Waals surface area contributed by atoms with E-state index in [0.29, 0.717) is 54.0 Å². The van der Waals surface area contributed by atoms with Crippen LogP contribution >= 0.6 is 23.4 Å². The summed E-state index contributed by atoms with van der Waals surface area (Å²) in [7, 11) is 0. The summed E-state index contributed by atoms with van der Waals surface area (Å²) >= 11 is 7.59. The van der Waals surface area contributed by atoms with Crippen molar-refractivity contribution in [2.45, 2.75) is 59.1 Å². The van der Waals surface area contributed by atoms with E-state index in [0.717, 1.165) is 11.3 Å². The van der Waals surface area contributed by atoms with Gasteiger partial charge in [-0.05, 0) is 63.6 Å². The Balaban J connectivity index is 1.56. The van der Waals surface area contributed by atoms with Gasteiger partial charge in [-0.2, -0.15) is 0 Å². The topological polar surface area (TPSA) is 88.5 Å². The lowest BCUT2D eigenvalue weighted by Gasteiger charge is -2.37. The van der Waals surface area contributed by atoms with Gasteiger partial charge in [0.1, 0.15) is 0 Å². The van der Waals surface area contributed by atoms with E-state index in [1.54, 1.807) is 24.0 Å². The van der Waals surface area contributed by atoms with E-state index in [1.165, 1.54) is 11.8 Å². The molecular formula is C27H32ClN3O5S. The SMILES string of the molecule is CCOC(=O)C1CCN(C(=O)CC2=CSC3=NC(C)=C(C(=O)OC(C)C)[C@H](c4ccc(Cl)cc4)N23)CC1. The van der Waals surface area contributed by atoms with Gasteiger partial charge in [-0.1, -0.05) is 35.5 Å².